The minimum Gasteiger partial charge on any atom is -0.496 e. The highest BCUT2D eigenvalue weighted by atomic mass is 32.1. The SMILES string of the molecule is COc1ccc(C(S)CN)cc1C(C)C. The first-order valence-electron chi connectivity index (χ1n) is 5.16. The van der Waals surface area contributed by atoms with Gasteiger partial charge < -0.3 is 10.5 Å². The summed E-state index contributed by atoms with van der Waals surface area (Å²) in [4.78, 5) is 0. The second-order valence-electron chi connectivity index (χ2n) is 3.91. The fourth-order valence-electron chi connectivity index (χ4n) is 1.55. The molecule has 84 valence electrons. The number of methoxy groups -OCH3 is 1. The standard InChI is InChI=1S/C12H19NOS/c1-8(2)10-6-9(12(15)7-13)4-5-11(10)14-3/h4-6,8,12,15H,7,13H2,1-3H3. The van der Waals surface area contributed by atoms with Crippen molar-refractivity contribution in [3.8, 4) is 5.75 Å². The molecule has 1 aromatic carbocycles. The largest absolute Gasteiger partial charge is 0.496 e. The van der Waals surface area contributed by atoms with E-state index in [4.69, 9.17) is 10.5 Å². The average Bonchev–Trinajstić information content (AvgIpc) is 2.27. The van der Waals surface area contributed by atoms with Crippen LogP contribution in [0.5, 0.6) is 5.75 Å². The van der Waals surface area contributed by atoms with Crippen molar-refractivity contribution in [2.24, 2.45) is 5.73 Å². The first-order chi connectivity index (χ1) is 7.10. The van der Waals surface area contributed by atoms with Crippen LogP contribution in [0.4, 0.5) is 0 Å². The van der Waals surface area contributed by atoms with Crippen molar-refractivity contribution in [1.82, 2.24) is 0 Å². The zero-order valence-electron chi connectivity index (χ0n) is 9.53. The Morgan fingerprint density at radius 3 is 2.53 bits per heavy atom. The number of hydrogen-bond donors (Lipinski definition) is 2. The van der Waals surface area contributed by atoms with Crippen molar-refractivity contribution >= 4 is 12.6 Å². The highest BCUT2D eigenvalue weighted by Gasteiger charge is 2.11. The number of nitrogens with two attached hydrogens (primary N) is 1. The molecule has 15 heavy (non-hydrogen) atoms. The van der Waals surface area contributed by atoms with E-state index in [1.165, 1.54) is 5.56 Å². The molecule has 0 aliphatic rings. The first kappa shape index (κ1) is 12.4. The second kappa shape index (κ2) is 5.42. The predicted octanol–water partition coefficient (Wildman–Crippen LogP) is 2.75. The summed E-state index contributed by atoms with van der Waals surface area (Å²) in [5.74, 6) is 1.38. The quantitative estimate of drug-likeness (QED) is 0.773. The van der Waals surface area contributed by atoms with Crippen molar-refractivity contribution in [1.29, 1.82) is 0 Å². The monoisotopic (exact) mass is 225 g/mol. The molecule has 0 aliphatic carbocycles. The van der Waals surface area contributed by atoms with E-state index in [0.29, 0.717) is 12.5 Å². The van der Waals surface area contributed by atoms with Crippen LogP contribution in [0.15, 0.2) is 18.2 Å². The molecule has 1 unspecified atom stereocenters. The first-order valence-corrected chi connectivity index (χ1v) is 5.67. The smallest absolute Gasteiger partial charge is 0.122 e. The van der Waals surface area contributed by atoms with Gasteiger partial charge in [0.15, 0.2) is 0 Å². The Labute approximate surface area is 97.2 Å². The highest BCUT2D eigenvalue weighted by Crippen LogP contribution is 2.30. The molecule has 3 heteroatoms. The van der Waals surface area contributed by atoms with Crippen LogP contribution in [0.1, 0.15) is 36.1 Å². The third-order valence-corrected chi connectivity index (χ3v) is 2.99. The van der Waals surface area contributed by atoms with Gasteiger partial charge in [0.25, 0.3) is 0 Å². The molecule has 0 saturated heterocycles. The van der Waals surface area contributed by atoms with Crippen LogP contribution < -0.4 is 10.5 Å². The Morgan fingerprint density at radius 1 is 1.40 bits per heavy atom. The lowest BCUT2D eigenvalue weighted by atomic mass is 9.98. The molecule has 0 aromatic heterocycles. The molecule has 2 N–H and O–H groups in total. The van der Waals surface area contributed by atoms with Crippen LogP contribution in [0.2, 0.25) is 0 Å². The molecule has 1 aromatic rings. The van der Waals surface area contributed by atoms with Crippen LogP contribution in [-0.4, -0.2) is 13.7 Å². The summed E-state index contributed by atoms with van der Waals surface area (Å²) in [6.07, 6.45) is 0. The van der Waals surface area contributed by atoms with Gasteiger partial charge in [-0.2, -0.15) is 12.6 Å². The van der Waals surface area contributed by atoms with Crippen molar-refractivity contribution in [2.45, 2.75) is 25.0 Å². The second-order valence-corrected chi connectivity index (χ2v) is 4.53. The van der Waals surface area contributed by atoms with Gasteiger partial charge in [0.1, 0.15) is 5.75 Å². The Morgan fingerprint density at radius 2 is 2.07 bits per heavy atom. The number of rotatable bonds is 4. The van der Waals surface area contributed by atoms with E-state index in [9.17, 15) is 0 Å². The van der Waals surface area contributed by atoms with Crippen LogP contribution in [0.3, 0.4) is 0 Å². The molecule has 1 rings (SSSR count). The van der Waals surface area contributed by atoms with Crippen LogP contribution in [-0.2, 0) is 0 Å². The molecule has 0 amide bonds. The average molecular weight is 225 g/mol. The van der Waals surface area contributed by atoms with Gasteiger partial charge in [-0.3, -0.25) is 0 Å². The van der Waals surface area contributed by atoms with Gasteiger partial charge >= 0.3 is 0 Å². The maximum absolute atomic E-state index is 5.59. The number of hydrogen-bond acceptors (Lipinski definition) is 3. The summed E-state index contributed by atoms with van der Waals surface area (Å²) in [5, 5.41) is 0.105. The molecule has 0 aliphatic heterocycles. The summed E-state index contributed by atoms with van der Waals surface area (Å²) in [7, 11) is 1.70. The van der Waals surface area contributed by atoms with E-state index in [1.54, 1.807) is 7.11 Å². The maximum atomic E-state index is 5.59. The highest BCUT2D eigenvalue weighted by molar-refractivity contribution is 7.80. The van der Waals surface area contributed by atoms with Gasteiger partial charge in [0, 0.05) is 11.8 Å². The molecule has 0 saturated carbocycles. The lowest BCUT2D eigenvalue weighted by Crippen LogP contribution is -2.07. The van der Waals surface area contributed by atoms with E-state index >= 15 is 0 Å². The minimum atomic E-state index is 0.105. The van der Waals surface area contributed by atoms with Crippen molar-refractivity contribution in [2.75, 3.05) is 13.7 Å². The van der Waals surface area contributed by atoms with Gasteiger partial charge in [0.05, 0.1) is 7.11 Å². The summed E-state index contributed by atoms with van der Waals surface area (Å²) >= 11 is 4.43. The van der Waals surface area contributed by atoms with Crippen LogP contribution in [0.25, 0.3) is 0 Å². The number of thiol groups is 1. The van der Waals surface area contributed by atoms with Crippen LogP contribution >= 0.6 is 12.6 Å². The molecule has 0 fully saturated rings. The van der Waals surface area contributed by atoms with Gasteiger partial charge in [0.2, 0.25) is 0 Å². The van der Waals surface area contributed by atoms with E-state index in [1.807, 2.05) is 12.1 Å². The van der Waals surface area contributed by atoms with E-state index in [0.717, 1.165) is 11.3 Å². The zero-order chi connectivity index (χ0) is 11.4. The molecule has 2 nitrogen and oxygen atoms in total. The molecule has 0 radical (unpaired) electrons. The van der Waals surface area contributed by atoms with Crippen molar-refractivity contribution in [3.63, 3.8) is 0 Å². The summed E-state index contributed by atoms with van der Waals surface area (Å²) in [6, 6.07) is 6.15. The zero-order valence-corrected chi connectivity index (χ0v) is 10.4. The van der Waals surface area contributed by atoms with Gasteiger partial charge in [-0.25, -0.2) is 0 Å². The lowest BCUT2D eigenvalue weighted by Gasteiger charge is -2.15. The Balaban J connectivity index is 3.10. The van der Waals surface area contributed by atoms with Gasteiger partial charge in [-0.15, -0.1) is 0 Å². The molecule has 0 spiro atoms. The lowest BCUT2D eigenvalue weighted by molar-refractivity contribution is 0.407. The molecular formula is C12H19NOS. The summed E-state index contributed by atoms with van der Waals surface area (Å²) in [5.41, 5.74) is 7.96. The topological polar surface area (TPSA) is 35.2 Å². The minimum absolute atomic E-state index is 0.105. The third-order valence-electron chi connectivity index (χ3n) is 2.48. The number of ether oxygens (including phenoxy) is 1. The predicted molar refractivity (Wildman–Crippen MR) is 67.9 cm³/mol. The Bertz CT molecular complexity index is 325. The summed E-state index contributed by atoms with van der Waals surface area (Å²) in [6.45, 7) is 4.85. The fraction of sp³-hybridized carbons (Fsp3) is 0.500. The molecule has 0 heterocycles. The van der Waals surface area contributed by atoms with E-state index in [2.05, 4.69) is 32.5 Å². The molecule has 0 bridgehead atoms. The Kier molecular flexibility index (Phi) is 4.48. The number of benzene rings is 1. The van der Waals surface area contributed by atoms with Crippen LogP contribution in [0, 0.1) is 0 Å². The Hall–Kier alpha value is -0.670. The molecular weight excluding hydrogens is 206 g/mol. The third kappa shape index (κ3) is 2.89. The van der Waals surface area contributed by atoms with Gasteiger partial charge in [-0.05, 0) is 23.1 Å². The normalized spacial score (nSPS) is 12.9. The maximum Gasteiger partial charge on any atom is 0.122 e. The van der Waals surface area contributed by atoms with Crippen molar-refractivity contribution in [3.05, 3.63) is 29.3 Å². The van der Waals surface area contributed by atoms with E-state index in [-0.39, 0.29) is 5.25 Å². The fourth-order valence-corrected chi connectivity index (χ4v) is 1.71. The van der Waals surface area contributed by atoms with Crippen molar-refractivity contribution < 1.29 is 4.74 Å². The summed E-state index contributed by atoms with van der Waals surface area (Å²) < 4.78 is 5.32. The molecule has 1 atom stereocenters. The van der Waals surface area contributed by atoms with E-state index < -0.39 is 0 Å². The van der Waals surface area contributed by atoms with Gasteiger partial charge in [-0.1, -0.05) is 26.0 Å².